The molecule has 1 atom stereocenters. The zero-order valence-corrected chi connectivity index (χ0v) is 10.9. The lowest BCUT2D eigenvalue weighted by atomic mass is 10.1. The maximum Gasteiger partial charge on any atom is 0.0206 e. The van der Waals surface area contributed by atoms with Crippen LogP contribution < -0.4 is 5.32 Å². The molecule has 0 amide bonds. The lowest BCUT2D eigenvalue weighted by molar-refractivity contribution is 0.320. The van der Waals surface area contributed by atoms with E-state index in [0.717, 1.165) is 19.0 Å². The number of hydrogen-bond donors (Lipinski definition) is 1. The molecule has 0 spiro atoms. The molecule has 0 radical (unpaired) electrons. The predicted octanol–water partition coefficient (Wildman–Crippen LogP) is 2.51. The Labute approximate surface area is 105 Å². The van der Waals surface area contributed by atoms with Gasteiger partial charge in [0.15, 0.2) is 0 Å². The lowest BCUT2D eigenvalue weighted by Crippen LogP contribution is -2.30. The number of nitrogens with zero attached hydrogens (tertiary/aromatic N) is 1. The van der Waals surface area contributed by atoms with Crippen LogP contribution in [0.5, 0.6) is 0 Å². The van der Waals surface area contributed by atoms with Crippen LogP contribution in [0.3, 0.4) is 0 Å². The number of likely N-dealkylation sites (tertiary alicyclic amines) is 1. The van der Waals surface area contributed by atoms with Gasteiger partial charge >= 0.3 is 0 Å². The molecule has 1 heterocycles. The third-order valence-corrected chi connectivity index (χ3v) is 3.72. The van der Waals surface area contributed by atoms with Crippen LogP contribution in [0.25, 0.3) is 0 Å². The van der Waals surface area contributed by atoms with E-state index in [9.17, 15) is 0 Å². The molecule has 2 rings (SSSR count). The van der Waals surface area contributed by atoms with Crippen molar-refractivity contribution in [2.45, 2.75) is 26.3 Å². The van der Waals surface area contributed by atoms with E-state index in [4.69, 9.17) is 0 Å². The molecule has 94 valence electrons. The molecule has 1 fully saturated rings. The minimum Gasteiger partial charge on any atom is -0.311 e. The average Bonchev–Trinajstić information content (AvgIpc) is 2.84. The first-order valence-corrected chi connectivity index (χ1v) is 6.85. The second-order valence-corrected chi connectivity index (χ2v) is 5.03. The van der Waals surface area contributed by atoms with Gasteiger partial charge in [0.25, 0.3) is 0 Å². The number of rotatable bonds is 6. The second kappa shape index (κ2) is 6.77. The lowest BCUT2D eigenvalue weighted by Gasteiger charge is -2.15. The summed E-state index contributed by atoms with van der Waals surface area (Å²) in [6.45, 7) is 8.21. The van der Waals surface area contributed by atoms with Crippen LogP contribution >= 0.6 is 0 Å². The quantitative estimate of drug-likeness (QED) is 0.758. The first-order chi connectivity index (χ1) is 8.38. The fourth-order valence-corrected chi connectivity index (χ4v) is 2.51. The minimum atomic E-state index is 0.948. The first kappa shape index (κ1) is 12.6. The molecule has 0 bridgehead atoms. The van der Waals surface area contributed by atoms with Gasteiger partial charge in [-0.2, -0.15) is 0 Å². The topological polar surface area (TPSA) is 15.3 Å². The van der Waals surface area contributed by atoms with Crippen LogP contribution in [0.1, 0.15) is 25.3 Å². The van der Waals surface area contributed by atoms with Crippen LogP contribution in [0.4, 0.5) is 0 Å². The van der Waals surface area contributed by atoms with Crippen molar-refractivity contribution < 1.29 is 0 Å². The minimum absolute atomic E-state index is 0.948. The fourth-order valence-electron chi connectivity index (χ4n) is 2.51. The summed E-state index contributed by atoms with van der Waals surface area (Å²) < 4.78 is 0. The summed E-state index contributed by atoms with van der Waals surface area (Å²) in [4.78, 5) is 2.59. The van der Waals surface area contributed by atoms with Crippen molar-refractivity contribution in [3.05, 3.63) is 35.9 Å². The summed E-state index contributed by atoms with van der Waals surface area (Å²) in [5.41, 5.74) is 1.38. The third kappa shape index (κ3) is 4.14. The van der Waals surface area contributed by atoms with E-state index in [-0.39, 0.29) is 0 Å². The Morgan fingerprint density at radius 3 is 2.82 bits per heavy atom. The number of hydrogen-bond acceptors (Lipinski definition) is 2. The zero-order chi connectivity index (χ0) is 11.9. The van der Waals surface area contributed by atoms with Gasteiger partial charge in [0.1, 0.15) is 0 Å². The average molecular weight is 232 g/mol. The van der Waals surface area contributed by atoms with Crippen molar-refractivity contribution >= 4 is 0 Å². The summed E-state index contributed by atoms with van der Waals surface area (Å²) in [5.74, 6) is 0.948. The molecule has 0 saturated carbocycles. The van der Waals surface area contributed by atoms with Crippen molar-refractivity contribution in [1.29, 1.82) is 0 Å². The highest BCUT2D eigenvalue weighted by molar-refractivity contribution is 5.14. The van der Waals surface area contributed by atoms with E-state index < -0.39 is 0 Å². The van der Waals surface area contributed by atoms with Gasteiger partial charge in [-0.1, -0.05) is 43.7 Å². The Morgan fingerprint density at radius 1 is 1.29 bits per heavy atom. The molecular formula is C15H24N2. The van der Waals surface area contributed by atoms with E-state index in [0.29, 0.717) is 0 Å². The van der Waals surface area contributed by atoms with E-state index in [2.05, 4.69) is 47.5 Å². The monoisotopic (exact) mass is 232 g/mol. The summed E-state index contributed by atoms with van der Waals surface area (Å²) in [7, 11) is 0. The fraction of sp³-hybridized carbons (Fsp3) is 0.600. The Hall–Kier alpha value is -0.860. The van der Waals surface area contributed by atoms with Crippen LogP contribution in [-0.2, 0) is 6.54 Å². The Bertz CT molecular complexity index is 310. The maximum absolute atomic E-state index is 3.52. The smallest absolute Gasteiger partial charge is 0.0206 e. The van der Waals surface area contributed by atoms with Gasteiger partial charge in [-0.25, -0.2) is 0 Å². The molecule has 1 aliphatic rings. The Kier molecular flexibility index (Phi) is 5.02. The molecule has 0 aromatic heterocycles. The molecule has 1 aromatic carbocycles. The number of benzene rings is 1. The third-order valence-electron chi connectivity index (χ3n) is 3.72. The van der Waals surface area contributed by atoms with E-state index in [1.165, 1.54) is 38.0 Å². The summed E-state index contributed by atoms with van der Waals surface area (Å²) in [5, 5.41) is 3.52. The Morgan fingerprint density at radius 2 is 2.12 bits per heavy atom. The molecule has 1 unspecified atom stereocenters. The second-order valence-electron chi connectivity index (χ2n) is 5.03. The van der Waals surface area contributed by atoms with Crippen LogP contribution in [0.2, 0.25) is 0 Å². The standard InChI is InChI=1S/C15H24N2/c1-2-14-8-10-17(13-14)11-9-16-12-15-6-4-3-5-7-15/h3-7,14,16H,2,8-13H2,1H3. The van der Waals surface area contributed by atoms with Gasteiger partial charge in [-0.3, -0.25) is 0 Å². The van der Waals surface area contributed by atoms with Crippen molar-refractivity contribution in [2.24, 2.45) is 5.92 Å². The molecule has 17 heavy (non-hydrogen) atoms. The summed E-state index contributed by atoms with van der Waals surface area (Å²) >= 11 is 0. The molecule has 0 aliphatic carbocycles. The summed E-state index contributed by atoms with van der Waals surface area (Å²) in [6, 6.07) is 10.6. The Balaban J connectivity index is 1.58. The van der Waals surface area contributed by atoms with Gasteiger partial charge in [-0.15, -0.1) is 0 Å². The van der Waals surface area contributed by atoms with Crippen LogP contribution in [0.15, 0.2) is 30.3 Å². The van der Waals surface area contributed by atoms with E-state index in [1.54, 1.807) is 0 Å². The summed E-state index contributed by atoms with van der Waals surface area (Å²) in [6.07, 6.45) is 2.74. The van der Waals surface area contributed by atoms with Gasteiger partial charge in [-0.05, 0) is 24.4 Å². The van der Waals surface area contributed by atoms with Gasteiger partial charge in [0.2, 0.25) is 0 Å². The molecule has 1 N–H and O–H groups in total. The predicted molar refractivity (Wildman–Crippen MR) is 73.0 cm³/mol. The first-order valence-electron chi connectivity index (χ1n) is 6.85. The van der Waals surface area contributed by atoms with Crippen molar-refractivity contribution in [1.82, 2.24) is 10.2 Å². The number of nitrogens with one attached hydrogen (secondary N) is 1. The normalized spacial score (nSPS) is 20.9. The largest absolute Gasteiger partial charge is 0.311 e. The van der Waals surface area contributed by atoms with Gasteiger partial charge in [0.05, 0.1) is 0 Å². The van der Waals surface area contributed by atoms with Crippen LogP contribution in [-0.4, -0.2) is 31.1 Å². The van der Waals surface area contributed by atoms with Gasteiger partial charge in [0, 0.05) is 26.2 Å². The van der Waals surface area contributed by atoms with Crippen LogP contribution in [0, 0.1) is 5.92 Å². The highest BCUT2D eigenvalue weighted by Crippen LogP contribution is 2.18. The molecule has 1 saturated heterocycles. The zero-order valence-electron chi connectivity index (χ0n) is 10.9. The SMILES string of the molecule is CCC1CCN(CCNCc2ccccc2)C1. The molecule has 1 aromatic rings. The maximum atomic E-state index is 3.52. The van der Waals surface area contributed by atoms with Gasteiger partial charge < -0.3 is 10.2 Å². The van der Waals surface area contributed by atoms with E-state index >= 15 is 0 Å². The molecular weight excluding hydrogens is 208 g/mol. The highest BCUT2D eigenvalue weighted by Gasteiger charge is 2.19. The molecule has 1 aliphatic heterocycles. The van der Waals surface area contributed by atoms with Crippen molar-refractivity contribution in [3.8, 4) is 0 Å². The van der Waals surface area contributed by atoms with E-state index in [1.807, 2.05) is 0 Å². The molecule has 2 heteroatoms. The molecule has 2 nitrogen and oxygen atoms in total. The van der Waals surface area contributed by atoms with Crippen molar-refractivity contribution in [2.75, 3.05) is 26.2 Å². The highest BCUT2D eigenvalue weighted by atomic mass is 15.2. The van der Waals surface area contributed by atoms with Crippen molar-refractivity contribution in [3.63, 3.8) is 0 Å².